The number of hydrogen-bond acceptors (Lipinski definition) is 2. The summed E-state index contributed by atoms with van der Waals surface area (Å²) < 4.78 is 5.32. The van der Waals surface area contributed by atoms with E-state index < -0.39 is 0 Å². The Balaban J connectivity index is 1.93. The van der Waals surface area contributed by atoms with E-state index in [2.05, 4.69) is 0 Å². The second-order valence-corrected chi connectivity index (χ2v) is 3.01. The lowest BCUT2D eigenvalue weighted by Crippen LogP contribution is -2.19. The summed E-state index contributed by atoms with van der Waals surface area (Å²) in [4.78, 5) is 0. The van der Waals surface area contributed by atoms with Crippen LogP contribution < -0.4 is 0 Å². The molecule has 2 fully saturated rings. The first kappa shape index (κ1) is 5.69. The molecule has 2 rings (SSSR count). The number of epoxide rings is 1. The first-order valence-electron chi connectivity index (χ1n) is 3.68. The van der Waals surface area contributed by atoms with Crippen LogP contribution in [0.1, 0.15) is 19.3 Å². The molecule has 0 aromatic heterocycles. The number of ether oxygens (including phenoxy) is 1. The van der Waals surface area contributed by atoms with Gasteiger partial charge >= 0.3 is 0 Å². The molecule has 1 saturated carbocycles. The zero-order valence-corrected chi connectivity index (χ0v) is 5.42. The maximum atomic E-state index is 8.81. The normalized spacial score (nSPS) is 48.3. The van der Waals surface area contributed by atoms with Gasteiger partial charge in [-0.3, -0.25) is 0 Å². The molecular weight excluding hydrogens is 116 g/mol. The van der Waals surface area contributed by atoms with Gasteiger partial charge in [0.15, 0.2) is 0 Å². The molecule has 1 aliphatic heterocycles. The Kier molecular flexibility index (Phi) is 1.24. The first-order chi connectivity index (χ1) is 4.42. The van der Waals surface area contributed by atoms with E-state index in [-0.39, 0.29) is 0 Å². The molecule has 1 N–H and O–H groups in total. The number of aliphatic hydroxyl groups is 1. The second kappa shape index (κ2) is 1.96. The summed E-state index contributed by atoms with van der Waals surface area (Å²) >= 11 is 0. The number of aliphatic hydroxyl groups excluding tert-OH is 1. The lowest BCUT2D eigenvalue weighted by atomic mass is 9.90. The van der Waals surface area contributed by atoms with E-state index in [1.807, 2.05) is 0 Å². The highest BCUT2D eigenvalue weighted by molar-refractivity contribution is 4.93. The SMILES string of the molecule is OC[C@@H]1CCC[C@@H]2O[C@H]12. The largest absolute Gasteiger partial charge is 0.396 e. The van der Waals surface area contributed by atoms with Gasteiger partial charge in [-0.1, -0.05) is 6.42 Å². The van der Waals surface area contributed by atoms with Crippen molar-refractivity contribution in [3.05, 3.63) is 0 Å². The minimum Gasteiger partial charge on any atom is -0.396 e. The summed E-state index contributed by atoms with van der Waals surface area (Å²) in [6.45, 7) is 0.321. The highest BCUT2D eigenvalue weighted by Gasteiger charge is 2.46. The van der Waals surface area contributed by atoms with Gasteiger partial charge < -0.3 is 9.84 Å². The molecule has 0 aromatic rings. The zero-order valence-electron chi connectivity index (χ0n) is 5.42. The van der Waals surface area contributed by atoms with E-state index >= 15 is 0 Å². The topological polar surface area (TPSA) is 32.8 Å². The Morgan fingerprint density at radius 3 is 3.00 bits per heavy atom. The molecule has 1 heterocycles. The van der Waals surface area contributed by atoms with E-state index in [9.17, 15) is 0 Å². The Bertz CT molecular complexity index is 113. The third-order valence-corrected chi connectivity index (χ3v) is 2.38. The molecule has 2 nitrogen and oxygen atoms in total. The average molecular weight is 128 g/mol. The van der Waals surface area contributed by atoms with Crippen LogP contribution in [0.25, 0.3) is 0 Å². The summed E-state index contributed by atoms with van der Waals surface area (Å²) in [5.41, 5.74) is 0. The molecule has 2 aliphatic rings. The second-order valence-electron chi connectivity index (χ2n) is 3.01. The van der Waals surface area contributed by atoms with Gasteiger partial charge in [-0.05, 0) is 12.8 Å². The highest BCUT2D eigenvalue weighted by atomic mass is 16.6. The first-order valence-corrected chi connectivity index (χ1v) is 3.68. The maximum absolute atomic E-state index is 8.81. The van der Waals surface area contributed by atoms with E-state index in [4.69, 9.17) is 9.84 Å². The van der Waals surface area contributed by atoms with Gasteiger partial charge in [0.2, 0.25) is 0 Å². The van der Waals surface area contributed by atoms with Crippen LogP contribution in [-0.2, 0) is 4.74 Å². The Labute approximate surface area is 54.8 Å². The molecule has 0 spiro atoms. The van der Waals surface area contributed by atoms with Crippen molar-refractivity contribution < 1.29 is 9.84 Å². The maximum Gasteiger partial charge on any atom is 0.0891 e. The fourth-order valence-corrected chi connectivity index (χ4v) is 1.74. The summed E-state index contributed by atoms with van der Waals surface area (Å²) in [7, 11) is 0. The predicted molar refractivity (Wildman–Crippen MR) is 33.1 cm³/mol. The Morgan fingerprint density at radius 2 is 2.33 bits per heavy atom. The molecule has 1 saturated heterocycles. The minimum absolute atomic E-state index is 0.321. The summed E-state index contributed by atoms with van der Waals surface area (Å²) in [6, 6.07) is 0. The van der Waals surface area contributed by atoms with Gasteiger partial charge in [-0.2, -0.15) is 0 Å². The molecular formula is C7H12O2. The molecule has 1 aliphatic carbocycles. The van der Waals surface area contributed by atoms with Crippen molar-refractivity contribution in [1.29, 1.82) is 0 Å². The van der Waals surface area contributed by atoms with E-state index in [0.29, 0.717) is 24.7 Å². The van der Waals surface area contributed by atoms with Crippen LogP contribution in [0, 0.1) is 5.92 Å². The quantitative estimate of drug-likeness (QED) is 0.523. The smallest absolute Gasteiger partial charge is 0.0891 e. The van der Waals surface area contributed by atoms with Crippen molar-refractivity contribution >= 4 is 0 Å². The van der Waals surface area contributed by atoms with Crippen LogP contribution in [0.2, 0.25) is 0 Å². The minimum atomic E-state index is 0.321. The fourth-order valence-electron chi connectivity index (χ4n) is 1.74. The van der Waals surface area contributed by atoms with Crippen LogP contribution in [0.5, 0.6) is 0 Å². The van der Waals surface area contributed by atoms with Crippen molar-refractivity contribution in [3.8, 4) is 0 Å². The standard InChI is InChI=1S/C7H12O2/c8-4-5-2-1-3-6-7(5)9-6/h5-8H,1-4H2/t5-,6-,7+/m0/s1. The van der Waals surface area contributed by atoms with Crippen LogP contribution >= 0.6 is 0 Å². The van der Waals surface area contributed by atoms with Gasteiger partial charge in [0, 0.05) is 12.5 Å². The Morgan fingerprint density at radius 1 is 1.44 bits per heavy atom. The summed E-state index contributed by atoms with van der Waals surface area (Å²) in [6.07, 6.45) is 4.59. The molecule has 0 radical (unpaired) electrons. The predicted octanol–water partition coefficient (Wildman–Crippen LogP) is 0.546. The molecule has 0 amide bonds. The molecule has 0 unspecified atom stereocenters. The highest BCUT2D eigenvalue weighted by Crippen LogP contribution is 2.40. The monoisotopic (exact) mass is 128 g/mol. The van der Waals surface area contributed by atoms with Crippen LogP contribution in [0.15, 0.2) is 0 Å². The number of rotatable bonds is 1. The summed E-state index contributed by atoms with van der Waals surface area (Å²) in [5, 5.41) is 8.81. The number of fused-ring (bicyclic) bond motifs is 1. The van der Waals surface area contributed by atoms with E-state index in [1.165, 1.54) is 12.8 Å². The molecule has 3 atom stereocenters. The van der Waals surface area contributed by atoms with Crippen molar-refractivity contribution in [3.63, 3.8) is 0 Å². The molecule has 0 bridgehead atoms. The van der Waals surface area contributed by atoms with Crippen molar-refractivity contribution in [2.45, 2.75) is 31.5 Å². The molecule has 2 heteroatoms. The number of hydrogen-bond donors (Lipinski definition) is 1. The van der Waals surface area contributed by atoms with E-state index in [1.54, 1.807) is 0 Å². The van der Waals surface area contributed by atoms with Gasteiger partial charge in [0.05, 0.1) is 12.2 Å². The lowest BCUT2D eigenvalue weighted by molar-refractivity contribution is 0.184. The molecule has 9 heavy (non-hydrogen) atoms. The zero-order chi connectivity index (χ0) is 6.27. The van der Waals surface area contributed by atoms with Crippen LogP contribution in [-0.4, -0.2) is 23.9 Å². The van der Waals surface area contributed by atoms with Crippen LogP contribution in [0.3, 0.4) is 0 Å². The van der Waals surface area contributed by atoms with Gasteiger partial charge in [0.25, 0.3) is 0 Å². The lowest BCUT2D eigenvalue weighted by Gasteiger charge is -2.14. The van der Waals surface area contributed by atoms with Crippen molar-refractivity contribution in [1.82, 2.24) is 0 Å². The average Bonchev–Trinajstić information content (AvgIpc) is 2.64. The van der Waals surface area contributed by atoms with Crippen molar-refractivity contribution in [2.24, 2.45) is 5.92 Å². The van der Waals surface area contributed by atoms with Gasteiger partial charge in [-0.25, -0.2) is 0 Å². The third kappa shape index (κ3) is 0.864. The molecule has 52 valence electrons. The molecule has 0 aromatic carbocycles. The van der Waals surface area contributed by atoms with E-state index in [0.717, 1.165) is 6.42 Å². The van der Waals surface area contributed by atoms with Gasteiger partial charge in [0.1, 0.15) is 0 Å². The van der Waals surface area contributed by atoms with Crippen molar-refractivity contribution in [2.75, 3.05) is 6.61 Å². The fraction of sp³-hybridized carbons (Fsp3) is 1.00. The van der Waals surface area contributed by atoms with Gasteiger partial charge in [-0.15, -0.1) is 0 Å². The van der Waals surface area contributed by atoms with Crippen LogP contribution in [0.4, 0.5) is 0 Å². The summed E-state index contributed by atoms with van der Waals surface area (Å²) in [5.74, 6) is 0.462. The Hall–Kier alpha value is -0.0800. The third-order valence-electron chi connectivity index (χ3n) is 2.38.